The molecule has 0 amide bonds. The zero-order chi connectivity index (χ0) is 41.0. The first kappa shape index (κ1) is 35.7. The molecular weight excluding hydrogens is 749 g/mol. The van der Waals surface area contributed by atoms with Gasteiger partial charge in [0.2, 0.25) is 0 Å². The standard InChI is InChI=1S/C60H40N2/c1-4-16-40(17-5-1)43-28-33-47(34-29-43)61-55-37-32-45(42-20-8-3-9-21-42)38-53(55)54-39-46-22-10-11-23-49(46)59-57(54)50-24-12-13-25-51(50)58-52-26-14-15-27-56(52)62(60(58)59)48-35-30-44(31-36-48)41-18-6-2-7-19-41/h1-39,61H. The highest BCUT2D eigenvalue weighted by Gasteiger charge is 2.24. The van der Waals surface area contributed by atoms with Gasteiger partial charge < -0.3 is 9.88 Å². The van der Waals surface area contributed by atoms with Crippen LogP contribution < -0.4 is 5.32 Å². The molecule has 0 bridgehead atoms. The van der Waals surface area contributed by atoms with Gasteiger partial charge >= 0.3 is 0 Å². The van der Waals surface area contributed by atoms with Crippen LogP contribution in [0.5, 0.6) is 0 Å². The smallest absolute Gasteiger partial charge is 0.0632 e. The first-order valence-electron chi connectivity index (χ1n) is 21.3. The van der Waals surface area contributed by atoms with Gasteiger partial charge in [0.05, 0.1) is 11.0 Å². The van der Waals surface area contributed by atoms with E-state index < -0.39 is 0 Å². The number of benzene rings is 11. The van der Waals surface area contributed by atoms with E-state index in [9.17, 15) is 0 Å². The van der Waals surface area contributed by atoms with Crippen LogP contribution in [0.3, 0.4) is 0 Å². The third kappa shape index (κ3) is 5.96. The molecule has 2 nitrogen and oxygen atoms in total. The molecular formula is C60H40N2. The summed E-state index contributed by atoms with van der Waals surface area (Å²) < 4.78 is 2.51. The van der Waals surface area contributed by atoms with E-state index in [1.807, 2.05) is 0 Å². The number of nitrogens with one attached hydrogen (secondary N) is 1. The van der Waals surface area contributed by atoms with Crippen molar-refractivity contribution in [3.05, 3.63) is 237 Å². The highest BCUT2D eigenvalue weighted by molar-refractivity contribution is 6.38. The molecule has 0 saturated carbocycles. The molecule has 62 heavy (non-hydrogen) atoms. The van der Waals surface area contributed by atoms with E-state index in [0.717, 1.165) is 22.6 Å². The minimum absolute atomic E-state index is 1.04. The average Bonchev–Trinajstić information content (AvgIpc) is 3.70. The van der Waals surface area contributed by atoms with E-state index in [1.54, 1.807) is 0 Å². The molecule has 1 N–H and O–H groups in total. The van der Waals surface area contributed by atoms with Crippen molar-refractivity contribution < 1.29 is 0 Å². The summed E-state index contributed by atoms with van der Waals surface area (Å²) in [6, 6.07) is 86.0. The molecule has 1 aromatic heterocycles. The van der Waals surface area contributed by atoms with Crippen LogP contribution in [0, 0.1) is 0 Å². The fourth-order valence-corrected chi connectivity index (χ4v) is 9.67. The summed E-state index contributed by atoms with van der Waals surface area (Å²) in [7, 11) is 0. The Morgan fingerprint density at radius 1 is 0.306 bits per heavy atom. The topological polar surface area (TPSA) is 17.0 Å². The number of aromatic nitrogens is 1. The first-order valence-corrected chi connectivity index (χ1v) is 21.3. The van der Waals surface area contributed by atoms with Gasteiger partial charge in [0.25, 0.3) is 0 Å². The predicted molar refractivity (Wildman–Crippen MR) is 265 cm³/mol. The quantitative estimate of drug-likeness (QED) is 0.159. The van der Waals surface area contributed by atoms with E-state index in [1.165, 1.54) is 93.1 Å². The second-order valence-corrected chi connectivity index (χ2v) is 16.1. The lowest BCUT2D eigenvalue weighted by molar-refractivity contribution is 1.19. The fraction of sp³-hybridized carbons (Fsp3) is 0. The van der Waals surface area contributed by atoms with Gasteiger partial charge in [-0.05, 0) is 109 Å². The van der Waals surface area contributed by atoms with Crippen molar-refractivity contribution in [2.45, 2.75) is 0 Å². The Kier molecular flexibility index (Phi) is 8.53. The molecule has 12 rings (SSSR count). The number of rotatable bonds is 7. The molecule has 0 fully saturated rings. The Balaban J connectivity index is 1.17. The van der Waals surface area contributed by atoms with E-state index >= 15 is 0 Å². The van der Waals surface area contributed by atoms with Crippen molar-refractivity contribution in [1.82, 2.24) is 4.57 Å². The number of hydrogen-bond acceptors (Lipinski definition) is 1. The van der Waals surface area contributed by atoms with E-state index in [2.05, 4.69) is 246 Å². The largest absolute Gasteiger partial charge is 0.355 e. The third-order valence-electron chi connectivity index (χ3n) is 12.5. The fourth-order valence-electron chi connectivity index (χ4n) is 9.67. The van der Waals surface area contributed by atoms with E-state index in [4.69, 9.17) is 0 Å². The summed E-state index contributed by atoms with van der Waals surface area (Å²) in [6.45, 7) is 0. The van der Waals surface area contributed by atoms with Gasteiger partial charge in [0.1, 0.15) is 0 Å². The van der Waals surface area contributed by atoms with Crippen molar-refractivity contribution in [2.75, 3.05) is 5.32 Å². The Bertz CT molecular complexity index is 3610. The van der Waals surface area contributed by atoms with Gasteiger partial charge in [-0.1, -0.05) is 188 Å². The number of hydrogen-bond donors (Lipinski definition) is 1. The monoisotopic (exact) mass is 788 g/mol. The lowest BCUT2D eigenvalue weighted by atomic mass is 9.86. The van der Waals surface area contributed by atoms with Gasteiger partial charge in [0.15, 0.2) is 0 Å². The van der Waals surface area contributed by atoms with Crippen LogP contribution in [-0.2, 0) is 0 Å². The normalized spacial score (nSPS) is 11.5. The summed E-state index contributed by atoms with van der Waals surface area (Å²) in [5.74, 6) is 0. The zero-order valence-electron chi connectivity index (χ0n) is 34.0. The molecule has 0 aliphatic heterocycles. The summed E-state index contributed by atoms with van der Waals surface area (Å²) in [6.07, 6.45) is 0. The van der Waals surface area contributed by atoms with E-state index in [0.29, 0.717) is 0 Å². The van der Waals surface area contributed by atoms with Crippen LogP contribution >= 0.6 is 0 Å². The second kappa shape index (κ2) is 14.8. The molecule has 0 aliphatic rings. The lowest BCUT2D eigenvalue weighted by Crippen LogP contribution is -1.98. The maximum atomic E-state index is 3.90. The molecule has 0 unspecified atom stereocenters. The number of fused-ring (bicyclic) bond motifs is 10. The van der Waals surface area contributed by atoms with Crippen molar-refractivity contribution >= 4 is 65.5 Å². The Morgan fingerprint density at radius 3 is 1.44 bits per heavy atom. The van der Waals surface area contributed by atoms with Crippen LogP contribution in [0.15, 0.2) is 237 Å². The average molecular weight is 789 g/mol. The minimum Gasteiger partial charge on any atom is -0.355 e. The van der Waals surface area contributed by atoms with Gasteiger partial charge in [-0.15, -0.1) is 0 Å². The van der Waals surface area contributed by atoms with Crippen LogP contribution in [0.1, 0.15) is 0 Å². The van der Waals surface area contributed by atoms with Gasteiger partial charge in [-0.25, -0.2) is 0 Å². The zero-order valence-corrected chi connectivity index (χ0v) is 34.0. The van der Waals surface area contributed by atoms with Crippen molar-refractivity contribution in [3.63, 3.8) is 0 Å². The van der Waals surface area contributed by atoms with Crippen LogP contribution in [-0.4, -0.2) is 4.57 Å². The third-order valence-corrected chi connectivity index (χ3v) is 12.5. The molecule has 0 aliphatic carbocycles. The molecule has 0 radical (unpaired) electrons. The number of nitrogens with zero attached hydrogens (tertiary/aromatic N) is 1. The number of anilines is 2. The SMILES string of the molecule is c1ccc(-c2ccc(Nc3ccc(-c4ccccc4)cc3-c3cc4ccccc4c4c3c3ccccc3c3c5ccccc5n(-c5ccc(-c6ccccc6)cc5)c34)cc2)cc1. The molecule has 0 atom stereocenters. The second-order valence-electron chi connectivity index (χ2n) is 16.1. The molecule has 11 aromatic carbocycles. The Hall–Kier alpha value is -8.20. The van der Waals surface area contributed by atoms with Crippen molar-refractivity contribution in [3.8, 4) is 50.2 Å². The number of para-hydroxylation sites is 1. The van der Waals surface area contributed by atoms with E-state index in [-0.39, 0.29) is 0 Å². The van der Waals surface area contributed by atoms with Crippen LogP contribution in [0.4, 0.5) is 11.4 Å². The summed E-state index contributed by atoms with van der Waals surface area (Å²) in [5, 5.41) is 13.8. The van der Waals surface area contributed by atoms with Gasteiger partial charge in [0, 0.05) is 44.2 Å². The highest BCUT2D eigenvalue weighted by atomic mass is 15.0. The first-order chi connectivity index (χ1) is 30.8. The molecule has 0 spiro atoms. The molecule has 2 heteroatoms. The summed E-state index contributed by atoms with van der Waals surface area (Å²) in [4.78, 5) is 0. The summed E-state index contributed by atoms with van der Waals surface area (Å²) in [5.41, 5.74) is 15.1. The van der Waals surface area contributed by atoms with Gasteiger partial charge in [-0.3, -0.25) is 0 Å². The van der Waals surface area contributed by atoms with Gasteiger partial charge in [-0.2, -0.15) is 0 Å². The highest BCUT2D eigenvalue weighted by Crippen LogP contribution is 2.49. The van der Waals surface area contributed by atoms with Crippen LogP contribution in [0.2, 0.25) is 0 Å². The van der Waals surface area contributed by atoms with Crippen LogP contribution in [0.25, 0.3) is 104 Å². The minimum atomic E-state index is 1.04. The Morgan fingerprint density at radius 2 is 0.790 bits per heavy atom. The lowest BCUT2D eigenvalue weighted by Gasteiger charge is -2.20. The van der Waals surface area contributed by atoms with Crippen molar-refractivity contribution in [1.29, 1.82) is 0 Å². The molecule has 0 saturated heterocycles. The summed E-state index contributed by atoms with van der Waals surface area (Å²) >= 11 is 0. The maximum Gasteiger partial charge on any atom is 0.0632 e. The molecule has 1 heterocycles. The maximum absolute atomic E-state index is 3.90. The molecule has 12 aromatic rings. The molecule has 290 valence electrons. The Labute approximate surface area is 360 Å². The van der Waals surface area contributed by atoms with Crippen molar-refractivity contribution in [2.24, 2.45) is 0 Å². The predicted octanol–water partition coefficient (Wildman–Crippen LogP) is 16.7.